The summed E-state index contributed by atoms with van der Waals surface area (Å²) in [7, 11) is -0.390. The summed E-state index contributed by atoms with van der Waals surface area (Å²) in [6.45, 7) is 15.0. The number of hydrogen-bond acceptors (Lipinski definition) is 3. The lowest BCUT2D eigenvalue weighted by atomic mass is 10.0. The molecule has 0 aromatic heterocycles. The predicted molar refractivity (Wildman–Crippen MR) is 73.5 cm³/mol. The van der Waals surface area contributed by atoms with E-state index in [-0.39, 0.29) is 23.0 Å². The van der Waals surface area contributed by atoms with Gasteiger partial charge in [-0.1, -0.05) is 27.7 Å². The van der Waals surface area contributed by atoms with Crippen molar-refractivity contribution in [3.63, 3.8) is 0 Å². The van der Waals surface area contributed by atoms with Crippen molar-refractivity contribution in [2.45, 2.75) is 65.3 Å². The summed E-state index contributed by atoms with van der Waals surface area (Å²) in [5, 5.41) is 0.163. The molecule has 0 fully saturated rings. The van der Waals surface area contributed by atoms with Crippen LogP contribution in [0, 0.1) is 5.92 Å². The molecule has 0 amide bonds. The van der Waals surface area contributed by atoms with E-state index in [1.54, 1.807) is 0 Å². The molecule has 0 aromatic carbocycles. The van der Waals surface area contributed by atoms with E-state index < -0.39 is 8.32 Å². The van der Waals surface area contributed by atoms with Crippen molar-refractivity contribution in [2.24, 2.45) is 5.92 Å². The lowest BCUT2D eigenvalue weighted by Crippen LogP contribution is -2.46. The summed E-state index contributed by atoms with van der Waals surface area (Å²) in [4.78, 5) is 11.6. The number of ether oxygens (including phenoxy) is 1. The van der Waals surface area contributed by atoms with E-state index in [9.17, 15) is 4.79 Å². The summed E-state index contributed by atoms with van der Waals surface area (Å²) in [6.07, 6.45) is 0.798. The van der Waals surface area contributed by atoms with Crippen LogP contribution in [0.5, 0.6) is 0 Å². The molecule has 0 aliphatic carbocycles. The third kappa shape index (κ3) is 4.43. The fourth-order valence-electron chi connectivity index (χ4n) is 1.43. The summed E-state index contributed by atoms with van der Waals surface area (Å²) < 4.78 is 11.1. The molecule has 2 atom stereocenters. The SMILES string of the molecule is CC[C@H](O[Si](C)(C)C(C)(C)C)[C@@H](C)C(=O)OC. The van der Waals surface area contributed by atoms with Gasteiger partial charge in [-0.25, -0.2) is 0 Å². The van der Waals surface area contributed by atoms with Crippen LogP contribution in [0.15, 0.2) is 0 Å². The van der Waals surface area contributed by atoms with Gasteiger partial charge in [-0.3, -0.25) is 4.79 Å². The molecule has 0 aliphatic rings. The quantitative estimate of drug-likeness (QED) is 0.560. The summed E-state index contributed by atoms with van der Waals surface area (Å²) >= 11 is 0. The first-order chi connectivity index (χ1) is 7.56. The fraction of sp³-hybridized carbons (Fsp3) is 0.923. The molecule has 0 bridgehead atoms. The van der Waals surface area contributed by atoms with Gasteiger partial charge in [0.15, 0.2) is 8.32 Å². The standard InChI is InChI=1S/C13H28O3Si/c1-9-11(10(2)12(14)15-6)16-17(7,8)13(3,4)5/h10-11H,9H2,1-8H3/t10-,11+/m1/s1. The van der Waals surface area contributed by atoms with Crippen LogP contribution < -0.4 is 0 Å². The molecule has 0 spiro atoms. The monoisotopic (exact) mass is 260 g/mol. The number of carbonyl (C=O) groups is 1. The van der Waals surface area contributed by atoms with Gasteiger partial charge in [-0.15, -0.1) is 0 Å². The van der Waals surface area contributed by atoms with E-state index in [4.69, 9.17) is 9.16 Å². The smallest absolute Gasteiger partial charge is 0.310 e. The van der Waals surface area contributed by atoms with Crippen LogP contribution in [-0.4, -0.2) is 27.5 Å². The number of rotatable bonds is 5. The van der Waals surface area contributed by atoms with Crippen LogP contribution in [0.3, 0.4) is 0 Å². The van der Waals surface area contributed by atoms with Gasteiger partial charge in [0.2, 0.25) is 0 Å². The normalized spacial score (nSPS) is 16.5. The number of methoxy groups -OCH3 is 1. The molecule has 102 valence electrons. The lowest BCUT2D eigenvalue weighted by Gasteiger charge is -2.40. The van der Waals surface area contributed by atoms with E-state index in [1.807, 2.05) is 6.92 Å². The van der Waals surface area contributed by atoms with Crippen LogP contribution >= 0.6 is 0 Å². The first-order valence-corrected chi connectivity index (χ1v) is 9.23. The average molecular weight is 260 g/mol. The Morgan fingerprint density at radius 3 is 2.06 bits per heavy atom. The van der Waals surface area contributed by atoms with Crippen molar-refractivity contribution in [1.82, 2.24) is 0 Å². The molecular formula is C13H28O3Si. The van der Waals surface area contributed by atoms with Gasteiger partial charge < -0.3 is 9.16 Å². The molecule has 4 heteroatoms. The lowest BCUT2D eigenvalue weighted by molar-refractivity contribution is -0.148. The molecule has 0 aliphatic heterocycles. The number of esters is 1. The Labute approximate surface area is 107 Å². The van der Waals surface area contributed by atoms with Gasteiger partial charge in [-0.05, 0) is 31.5 Å². The molecule has 0 N–H and O–H groups in total. The molecule has 0 saturated heterocycles. The molecule has 0 radical (unpaired) electrons. The van der Waals surface area contributed by atoms with Crippen molar-refractivity contribution in [1.29, 1.82) is 0 Å². The molecule has 0 heterocycles. The number of carbonyl (C=O) groups excluding carboxylic acids is 1. The van der Waals surface area contributed by atoms with Crippen LogP contribution in [0.2, 0.25) is 18.1 Å². The largest absolute Gasteiger partial charge is 0.469 e. The minimum Gasteiger partial charge on any atom is -0.469 e. The van der Waals surface area contributed by atoms with Crippen LogP contribution in [-0.2, 0) is 14.0 Å². The van der Waals surface area contributed by atoms with Gasteiger partial charge in [0, 0.05) is 0 Å². The van der Waals surface area contributed by atoms with Crippen LogP contribution in [0.4, 0.5) is 0 Å². The van der Waals surface area contributed by atoms with Crippen molar-refractivity contribution in [3.8, 4) is 0 Å². The molecule has 3 nitrogen and oxygen atoms in total. The Morgan fingerprint density at radius 2 is 1.76 bits per heavy atom. The highest BCUT2D eigenvalue weighted by Gasteiger charge is 2.40. The maximum Gasteiger partial charge on any atom is 0.310 e. The molecule has 0 unspecified atom stereocenters. The van der Waals surface area contributed by atoms with E-state index in [2.05, 4.69) is 40.8 Å². The Balaban J connectivity index is 4.77. The fourth-order valence-corrected chi connectivity index (χ4v) is 2.91. The summed E-state index contributed by atoms with van der Waals surface area (Å²) in [5.41, 5.74) is 0. The van der Waals surface area contributed by atoms with Gasteiger partial charge in [0.05, 0.1) is 19.1 Å². The van der Waals surface area contributed by atoms with Gasteiger partial charge in [0.25, 0.3) is 0 Å². The highest BCUT2D eigenvalue weighted by molar-refractivity contribution is 6.74. The van der Waals surface area contributed by atoms with Gasteiger partial charge in [0.1, 0.15) is 0 Å². The maximum absolute atomic E-state index is 11.6. The topological polar surface area (TPSA) is 35.5 Å². The zero-order valence-electron chi connectivity index (χ0n) is 12.6. The summed E-state index contributed by atoms with van der Waals surface area (Å²) in [5.74, 6) is -0.380. The van der Waals surface area contributed by atoms with Crippen molar-refractivity contribution >= 4 is 14.3 Å². The minimum absolute atomic E-state index is 0.0386. The zero-order valence-corrected chi connectivity index (χ0v) is 13.6. The van der Waals surface area contributed by atoms with Crippen LogP contribution in [0.1, 0.15) is 41.0 Å². The highest BCUT2D eigenvalue weighted by Crippen LogP contribution is 2.38. The van der Waals surface area contributed by atoms with E-state index in [1.165, 1.54) is 7.11 Å². The molecule has 17 heavy (non-hydrogen) atoms. The third-order valence-electron chi connectivity index (χ3n) is 3.79. The first-order valence-electron chi connectivity index (χ1n) is 6.32. The molecule has 0 aromatic rings. The molecule has 0 rings (SSSR count). The Morgan fingerprint density at radius 1 is 1.29 bits per heavy atom. The second-order valence-corrected chi connectivity index (χ2v) is 10.9. The average Bonchev–Trinajstić information content (AvgIpc) is 2.22. The number of hydrogen-bond donors (Lipinski definition) is 0. The maximum atomic E-state index is 11.6. The van der Waals surface area contributed by atoms with E-state index >= 15 is 0 Å². The van der Waals surface area contributed by atoms with Crippen molar-refractivity contribution in [3.05, 3.63) is 0 Å². The van der Waals surface area contributed by atoms with E-state index in [0.29, 0.717) is 0 Å². The molecule has 0 saturated carbocycles. The first kappa shape index (κ1) is 16.6. The van der Waals surface area contributed by atoms with Gasteiger partial charge >= 0.3 is 5.97 Å². The second kappa shape index (κ2) is 6.00. The Hall–Kier alpha value is -0.353. The highest BCUT2D eigenvalue weighted by atomic mass is 28.4. The predicted octanol–water partition coefficient (Wildman–Crippen LogP) is 3.60. The summed E-state index contributed by atoms with van der Waals surface area (Å²) in [6, 6.07) is 0. The van der Waals surface area contributed by atoms with Gasteiger partial charge in [-0.2, -0.15) is 0 Å². The van der Waals surface area contributed by atoms with Crippen molar-refractivity contribution < 1.29 is 14.0 Å². The van der Waals surface area contributed by atoms with E-state index in [0.717, 1.165) is 6.42 Å². The Bertz CT molecular complexity index is 256. The van der Waals surface area contributed by atoms with Crippen molar-refractivity contribution in [2.75, 3.05) is 7.11 Å². The zero-order chi connectivity index (χ0) is 13.9. The minimum atomic E-state index is -1.82. The molecular weight excluding hydrogens is 232 g/mol. The van der Waals surface area contributed by atoms with Crippen LogP contribution in [0.25, 0.3) is 0 Å². The second-order valence-electron chi connectivity index (χ2n) is 6.14. The Kier molecular flexibility index (Phi) is 5.88. The third-order valence-corrected chi connectivity index (χ3v) is 8.29.